The van der Waals surface area contributed by atoms with Crippen LogP contribution in [-0.4, -0.2) is 30.5 Å². The molecule has 1 N–H and O–H groups in total. The first-order chi connectivity index (χ1) is 14.4. The zero-order valence-corrected chi connectivity index (χ0v) is 17.0. The lowest BCUT2D eigenvalue weighted by Crippen LogP contribution is -2.14. The number of carbonyl (C=O) groups excluding carboxylic acids is 2. The van der Waals surface area contributed by atoms with Crippen LogP contribution in [0.3, 0.4) is 0 Å². The third-order valence-electron chi connectivity index (χ3n) is 4.24. The number of nitrogens with one attached hydrogen (secondary N) is 1. The lowest BCUT2D eigenvalue weighted by molar-refractivity contribution is -0.384. The maximum absolute atomic E-state index is 12.6. The van der Waals surface area contributed by atoms with Gasteiger partial charge in [0.05, 0.1) is 18.6 Å². The number of hydrogen-bond donors (Lipinski definition) is 1. The minimum atomic E-state index is -0.586. The molecule has 2 aromatic carbocycles. The van der Waals surface area contributed by atoms with Crippen LogP contribution in [0.4, 0.5) is 10.7 Å². The molecule has 1 aromatic heterocycles. The molecule has 154 valence electrons. The quantitative estimate of drug-likeness (QED) is 0.331. The summed E-state index contributed by atoms with van der Waals surface area (Å²) in [6, 6.07) is 12.4. The van der Waals surface area contributed by atoms with Gasteiger partial charge in [0.15, 0.2) is 0 Å². The molecule has 0 bridgehead atoms. The molecule has 0 saturated heterocycles. The average molecular weight is 426 g/mol. The number of ether oxygens (including phenoxy) is 2. The summed E-state index contributed by atoms with van der Waals surface area (Å²) in [6.45, 7) is 1.85. The van der Waals surface area contributed by atoms with Crippen LogP contribution in [0, 0.1) is 10.1 Å². The summed E-state index contributed by atoms with van der Waals surface area (Å²) in [5.41, 5.74) is 1.68. The van der Waals surface area contributed by atoms with Crippen molar-refractivity contribution in [2.75, 3.05) is 19.0 Å². The highest BCUT2D eigenvalue weighted by Gasteiger charge is 2.23. The number of nitro benzene ring substituents is 1. The van der Waals surface area contributed by atoms with Gasteiger partial charge in [-0.2, -0.15) is 0 Å². The molecule has 0 aliphatic carbocycles. The van der Waals surface area contributed by atoms with Crippen LogP contribution in [0.2, 0.25) is 0 Å². The van der Waals surface area contributed by atoms with Crippen molar-refractivity contribution in [1.82, 2.24) is 0 Å². The summed E-state index contributed by atoms with van der Waals surface area (Å²) in [6.07, 6.45) is 0. The average Bonchev–Trinajstić information content (AvgIpc) is 3.17. The Hall–Kier alpha value is -3.72. The van der Waals surface area contributed by atoms with E-state index < -0.39 is 10.9 Å². The lowest BCUT2D eigenvalue weighted by Gasteiger charge is -2.09. The van der Waals surface area contributed by atoms with Gasteiger partial charge in [-0.05, 0) is 48.9 Å². The van der Waals surface area contributed by atoms with Crippen molar-refractivity contribution < 1.29 is 24.0 Å². The van der Waals surface area contributed by atoms with Crippen LogP contribution < -0.4 is 10.1 Å². The third kappa shape index (κ3) is 4.47. The standard InChI is InChI=1S/C21H18N2O6S/c1-3-29-21(25)18-17(13-4-8-15(9-5-13)23(26)27)12-30-20(18)22-19(24)14-6-10-16(28-2)11-7-14/h4-12H,3H2,1-2H3,(H,22,24). The van der Waals surface area contributed by atoms with Crippen molar-refractivity contribution >= 4 is 33.9 Å². The van der Waals surface area contributed by atoms with E-state index in [1.54, 1.807) is 48.7 Å². The molecule has 3 aromatic rings. The van der Waals surface area contributed by atoms with Crippen LogP contribution in [0.15, 0.2) is 53.9 Å². The molecule has 8 nitrogen and oxygen atoms in total. The predicted octanol–water partition coefficient (Wildman–Crippen LogP) is 4.76. The monoisotopic (exact) mass is 426 g/mol. The molecular weight excluding hydrogens is 408 g/mol. The smallest absolute Gasteiger partial charge is 0.341 e. The number of esters is 1. The minimum absolute atomic E-state index is 0.0558. The summed E-state index contributed by atoms with van der Waals surface area (Å²) in [5, 5.41) is 15.7. The Morgan fingerprint density at radius 1 is 1.10 bits per heavy atom. The van der Waals surface area contributed by atoms with E-state index in [2.05, 4.69) is 5.32 Å². The van der Waals surface area contributed by atoms with Gasteiger partial charge in [-0.15, -0.1) is 11.3 Å². The molecule has 0 radical (unpaired) electrons. The fourth-order valence-corrected chi connectivity index (χ4v) is 3.70. The van der Waals surface area contributed by atoms with Crippen LogP contribution in [0.5, 0.6) is 5.75 Å². The number of amides is 1. The molecule has 0 atom stereocenters. The molecule has 0 spiro atoms. The number of nitro groups is 1. The van der Waals surface area contributed by atoms with Crippen LogP contribution in [0.1, 0.15) is 27.6 Å². The number of rotatable bonds is 7. The molecule has 0 fully saturated rings. The van der Waals surface area contributed by atoms with E-state index in [9.17, 15) is 19.7 Å². The lowest BCUT2D eigenvalue weighted by atomic mass is 10.0. The molecule has 0 aliphatic heterocycles. The van der Waals surface area contributed by atoms with E-state index in [4.69, 9.17) is 9.47 Å². The van der Waals surface area contributed by atoms with Gasteiger partial charge >= 0.3 is 5.97 Å². The first kappa shape index (κ1) is 21.0. The molecular formula is C21H18N2O6S. The summed E-state index contributed by atoms with van der Waals surface area (Å²) in [4.78, 5) is 35.6. The molecule has 9 heteroatoms. The first-order valence-electron chi connectivity index (χ1n) is 8.93. The van der Waals surface area contributed by atoms with Crippen molar-refractivity contribution in [3.63, 3.8) is 0 Å². The second kappa shape index (κ2) is 9.19. The molecule has 0 aliphatic rings. The number of hydrogen-bond acceptors (Lipinski definition) is 7. The van der Waals surface area contributed by atoms with E-state index in [0.29, 0.717) is 27.4 Å². The van der Waals surface area contributed by atoms with Crippen LogP contribution in [-0.2, 0) is 4.74 Å². The fraction of sp³-hybridized carbons (Fsp3) is 0.143. The van der Waals surface area contributed by atoms with E-state index in [-0.39, 0.29) is 23.8 Å². The number of thiophene rings is 1. The first-order valence-corrected chi connectivity index (χ1v) is 9.81. The molecule has 30 heavy (non-hydrogen) atoms. The van der Waals surface area contributed by atoms with Crippen molar-refractivity contribution in [3.05, 3.63) is 75.2 Å². The molecule has 1 amide bonds. The van der Waals surface area contributed by atoms with Gasteiger partial charge in [0, 0.05) is 28.6 Å². The predicted molar refractivity (Wildman–Crippen MR) is 113 cm³/mol. The maximum atomic E-state index is 12.6. The SMILES string of the molecule is CCOC(=O)c1c(-c2ccc([N+](=O)[O-])cc2)csc1NC(=O)c1ccc(OC)cc1. The number of methoxy groups -OCH3 is 1. The van der Waals surface area contributed by atoms with E-state index in [0.717, 1.165) is 0 Å². The van der Waals surface area contributed by atoms with Gasteiger partial charge in [-0.3, -0.25) is 14.9 Å². The highest BCUT2D eigenvalue weighted by molar-refractivity contribution is 7.15. The summed E-state index contributed by atoms with van der Waals surface area (Å²) >= 11 is 1.18. The second-order valence-corrected chi connectivity index (χ2v) is 6.94. The Kier molecular flexibility index (Phi) is 6.43. The van der Waals surface area contributed by atoms with E-state index in [1.165, 1.54) is 30.6 Å². The van der Waals surface area contributed by atoms with E-state index >= 15 is 0 Å². The number of non-ortho nitro benzene ring substituents is 1. The van der Waals surface area contributed by atoms with Crippen molar-refractivity contribution in [3.8, 4) is 16.9 Å². The van der Waals surface area contributed by atoms with Gasteiger partial charge < -0.3 is 14.8 Å². The number of nitrogens with zero attached hydrogens (tertiary/aromatic N) is 1. The van der Waals surface area contributed by atoms with Crippen LogP contribution >= 0.6 is 11.3 Å². The van der Waals surface area contributed by atoms with Crippen molar-refractivity contribution in [1.29, 1.82) is 0 Å². The summed E-state index contributed by atoms with van der Waals surface area (Å²) < 4.78 is 10.2. The Balaban J connectivity index is 1.95. The molecule has 1 heterocycles. The van der Waals surface area contributed by atoms with Crippen molar-refractivity contribution in [2.24, 2.45) is 0 Å². The Morgan fingerprint density at radius 2 is 1.77 bits per heavy atom. The number of carbonyl (C=O) groups is 2. The van der Waals surface area contributed by atoms with Gasteiger partial charge in [0.1, 0.15) is 16.3 Å². The highest BCUT2D eigenvalue weighted by Crippen LogP contribution is 2.37. The number of benzene rings is 2. The number of anilines is 1. The third-order valence-corrected chi connectivity index (χ3v) is 5.13. The largest absolute Gasteiger partial charge is 0.497 e. The zero-order valence-electron chi connectivity index (χ0n) is 16.2. The van der Waals surface area contributed by atoms with Gasteiger partial charge in [0.25, 0.3) is 11.6 Å². The topological polar surface area (TPSA) is 108 Å². The Morgan fingerprint density at radius 3 is 2.33 bits per heavy atom. The summed E-state index contributed by atoms with van der Waals surface area (Å²) in [7, 11) is 1.53. The normalized spacial score (nSPS) is 10.3. The zero-order chi connectivity index (χ0) is 21.7. The van der Waals surface area contributed by atoms with Gasteiger partial charge in [-0.1, -0.05) is 0 Å². The van der Waals surface area contributed by atoms with E-state index in [1.807, 2.05) is 0 Å². The molecule has 0 unspecified atom stereocenters. The summed E-state index contributed by atoms with van der Waals surface area (Å²) in [5.74, 6) is -0.354. The minimum Gasteiger partial charge on any atom is -0.497 e. The van der Waals surface area contributed by atoms with Crippen LogP contribution in [0.25, 0.3) is 11.1 Å². The van der Waals surface area contributed by atoms with Gasteiger partial charge in [0.2, 0.25) is 0 Å². The Bertz CT molecular complexity index is 1070. The van der Waals surface area contributed by atoms with Gasteiger partial charge in [-0.25, -0.2) is 4.79 Å². The maximum Gasteiger partial charge on any atom is 0.341 e. The Labute approximate surface area is 176 Å². The molecule has 0 saturated carbocycles. The second-order valence-electron chi connectivity index (χ2n) is 6.06. The fourth-order valence-electron chi connectivity index (χ4n) is 2.75. The van der Waals surface area contributed by atoms with Crippen molar-refractivity contribution in [2.45, 2.75) is 6.92 Å². The molecule has 3 rings (SSSR count). The highest BCUT2D eigenvalue weighted by atomic mass is 32.1.